The molecule has 1 aromatic rings. The van der Waals surface area contributed by atoms with Gasteiger partial charge in [-0.05, 0) is 44.6 Å². The summed E-state index contributed by atoms with van der Waals surface area (Å²) < 4.78 is 0. The van der Waals surface area contributed by atoms with Crippen molar-refractivity contribution < 1.29 is 4.79 Å². The molecule has 4 nitrogen and oxygen atoms in total. The lowest BCUT2D eigenvalue weighted by Gasteiger charge is -2.32. The van der Waals surface area contributed by atoms with Crippen molar-refractivity contribution in [2.75, 3.05) is 19.6 Å². The highest BCUT2D eigenvalue weighted by Gasteiger charge is 2.26. The van der Waals surface area contributed by atoms with Gasteiger partial charge in [-0.15, -0.1) is 11.3 Å². The van der Waals surface area contributed by atoms with Crippen LogP contribution in [-0.4, -0.2) is 41.5 Å². The Bertz CT molecular complexity index is 476. The number of aryl methyl sites for hydroxylation is 1. The van der Waals surface area contributed by atoms with E-state index in [1.54, 1.807) is 11.3 Å². The Balaban J connectivity index is 1.41. The summed E-state index contributed by atoms with van der Waals surface area (Å²) in [5, 5.41) is 6.81. The van der Waals surface area contributed by atoms with Gasteiger partial charge in [-0.25, -0.2) is 4.98 Å². The third kappa shape index (κ3) is 4.27. The van der Waals surface area contributed by atoms with E-state index in [2.05, 4.69) is 17.2 Å². The van der Waals surface area contributed by atoms with E-state index in [4.69, 9.17) is 0 Å². The van der Waals surface area contributed by atoms with Crippen LogP contribution in [0.15, 0.2) is 5.38 Å². The average molecular weight is 307 g/mol. The molecule has 2 fully saturated rings. The fourth-order valence-electron chi connectivity index (χ4n) is 2.85. The Kier molecular flexibility index (Phi) is 4.91. The second-order valence-electron chi connectivity index (χ2n) is 6.27. The number of carbonyl (C=O) groups is 1. The van der Waals surface area contributed by atoms with Gasteiger partial charge in [-0.3, -0.25) is 4.79 Å². The molecule has 0 spiro atoms. The normalized spacial score (nSPS) is 20.0. The first-order valence-electron chi connectivity index (χ1n) is 8.19. The average Bonchev–Trinajstić information content (AvgIpc) is 3.24. The number of nitrogens with zero attached hydrogens (tertiary/aromatic N) is 2. The number of hydrogen-bond acceptors (Lipinski definition) is 4. The number of nitrogens with one attached hydrogen (secondary N) is 1. The van der Waals surface area contributed by atoms with Crippen LogP contribution in [0.3, 0.4) is 0 Å². The number of aromatic nitrogens is 1. The Hall–Kier alpha value is -0.940. The van der Waals surface area contributed by atoms with Crippen LogP contribution in [0.1, 0.15) is 43.3 Å². The van der Waals surface area contributed by atoms with Gasteiger partial charge >= 0.3 is 0 Å². The first kappa shape index (κ1) is 15.0. The Labute approximate surface area is 130 Å². The summed E-state index contributed by atoms with van der Waals surface area (Å²) >= 11 is 1.66. The zero-order valence-corrected chi connectivity index (χ0v) is 13.6. The van der Waals surface area contributed by atoms with Gasteiger partial charge in [0.2, 0.25) is 5.91 Å². The third-order valence-electron chi connectivity index (χ3n) is 4.47. The zero-order chi connectivity index (χ0) is 14.7. The Morgan fingerprint density at radius 1 is 1.38 bits per heavy atom. The summed E-state index contributed by atoms with van der Waals surface area (Å²) in [7, 11) is 0. The minimum atomic E-state index is 0.239. The van der Waals surface area contributed by atoms with Crippen molar-refractivity contribution in [3.05, 3.63) is 16.1 Å². The smallest absolute Gasteiger partial charge is 0.228 e. The van der Waals surface area contributed by atoms with Crippen LogP contribution >= 0.6 is 11.3 Å². The van der Waals surface area contributed by atoms with Crippen LogP contribution < -0.4 is 5.32 Å². The molecule has 2 heterocycles. The molecule has 1 N–H and O–H groups in total. The number of thiazole rings is 1. The van der Waals surface area contributed by atoms with Crippen molar-refractivity contribution in [2.24, 2.45) is 5.92 Å². The summed E-state index contributed by atoms with van der Waals surface area (Å²) in [4.78, 5) is 18.8. The molecule has 1 aliphatic heterocycles. The summed E-state index contributed by atoms with van der Waals surface area (Å²) in [6.07, 6.45) is 6.41. The largest absolute Gasteiger partial charge is 0.342 e. The van der Waals surface area contributed by atoms with Gasteiger partial charge in [0.25, 0.3) is 0 Å². The quantitative estimate of drug-likeness (QED) is 0.876. The van der Waals surface area contributed by atoms with Crippen LogP contribution in [0.2, 0.25) is 0 Å². The third-order valence-corrected chi connectivity index (χ3v) is 5.52. The molecule has 0 atom stereocenters. The van der Waals surface area contributed by atoms with Crippen molar-refractivity contribution in [1.82, 2.24) is 15.2 Å². The van der Waals surface area contributed by atoms with E-state index in [1.165, 1.54) is 19.4 Å². The lowest BCUT2D eigenvalue weighted by molar-refractivity contribution is -0.131. The van der Waals surface area contributed by atoms with Crippen LogP contribution in [0.25, 0.3) is 0 Å². The second-order valence-corrected chi connectivity index (χ2v) is 7.21. The van der Waals surface area contributed by atoms with E-state index >= 15 is 0 Å². The van der Waals surface area contributed by atoms with Crippen molar-refractivity contribution in [2.45, 2.75) is 51.5 Å². The molecule has 1 aromatic heterocycles. The summed E-state index contributed by atoms with van der Waals surface area (Å²) in [6, 6.07) is 0.612. The fourth-order valence-corrected chi connectivity index (χ4v) is 3.59. The van der Waals surface area contributed by atoms with E-state index in [9.17, 15) is 4.79 Å². The first-order chi connectivity index (χ1) is 10.2. The first-order valence-corrected chi connectivity index (χ1v) is 9.07. The van der Waals surface area contributed by atoms with Gasteiger partial charge in [0.1, 0.15) is 0 Å². The molecule has 0 bridgehead atoms. The second kappa shape index (κ2) is 6.88. The van der Waals surface area contributed by atoms with Gasteiger partial charge in [0.05, 0.1) is 17.1 Å². The Morgan fingerprint density at radius 2 is 2.14 bits per heavy atom. The molecule has 0 unspecified atom stereocenters. The number of likely N-dealkylation sites (tertiary alicyclic amines) is 1. The maximum absolute atomic E-state index is 12.3. The number of amides is 1. The summed E-state index contributed by atoms with van der Waals surface area (Å²) in [5.41, 5.74) is 0.941. The van der Waals surface area contributed by atoms with Crippen molar-refractivity contribution in [3.63, 3.8) is 0 Å². The van der Waals surface area contributed by atoms with Gasteiger partial charge in [-0.1, -0.05) is 6.92 Å². The predicted octanol–water partition coefficient (Wildman–Crippen LogP) is 2.24. The molecule has 116 valence electrons. The molecule has 1 amide bonds. The highest BCUT2D eigenvalue weighted by atomic mass is 32.1. The van der Waals surface area contributed by atoms with E-state index in [1.807, 2.05) is 10.3 Å². The molecule has 2 aliphatic rings. The van der Waals surface area contributed by atoms with Crippen LogP contribution in [0.5, 0.6) is 0 Å². The van der Waals surface area contributed by atoms with Crippen molar-refractivity contribution in [1.29, 1.82) is 0 Å². The minimum Gasteiger partial charge on any atom is -0.342 e. The van der Waals surface area contributed by atoms with Gasteiger partial charge in [0, 0.05) is 24.5 Å². The van der Waals surface area contributed by atoms with Gasteiger partial charge in [-0.2, -0.15) is 0 Å². The fraction of sp³-hybridized carbons (Fsp3) is 0.750. The van der Waals surface area contributed by atoms with E-state index in [0.717, 1.165) is 49.0 Å². The summed E-state index contributed by atoms with van der Waals surface area (Å²) in [5.74, 6) is 1.17. The minimum absolute atomic E-state index is 0.239. The van der Waals surface area contributed by atoms with E-state index in [-0.39, 0.29) is 5.91 Å². The highest BCUT2D eigenvalue weighted by molar-refractivity contribution is 7.09. The van der Waals surface area contributed by atoms with Crippen LogP contribution in [-0.2, 0) is 17.6 Å². The highest BCUT2D eigenvalue weighted by Crippen LogP contribution is 2.28. The lowest BCUT2D eigenvalue weighted by atomic mass is 10.0. The molecular weight excluding hydrogens is 282 g/mol. The van der Waals surface area contributed by atoms with Crippen molar-refractivity contribution in [3.8, 4) is 0 Å². The lowest BCUT2D eigenvalue weighted by Crippen LogP contribution is -2.45. The van der Waals surface area contributed by atoms with Crippen molar-refractivity contribution >= 4 is 17.2 Å². The maximum Gasteiger partial charge on any atom is 0.228 e. The molecule has 1 saturated carbocycles. The standard InChI is InChI=1S/C16H25N3OS/c1-2-15-18-14(11-21-15)9-16(20)19-7-5-13(6-8-19)17-10-12-3-4-12/h11-13,17H,2-10H2,1H3. The SMILES string of the molecule is CCc1nc(CC(=O)N2CCC(NCC3CC3)CC2)cs1. The Morgan fingerprint density at radius 3 is 2.76 bits per heavy atom. The van der Waals surface area contributed by atoms with Gasteiger partial charge in [0.15, 0.2) is 0 Å². The number of rotatable bonds is 6. The molecule has 3 rings (SSSR count). The predicted molar refractivity (Wildman–Crippen MR) is 85.5 cm³/mol. The molecule has 1 aliphatic carbocycles. The zero-order valence-electron chi connectivity index (χ0n) is 12.8. The van der Waals surface area contributed by atoms with Crippen LogP contribution in [0, 0.1) is 5.92 Å². The van der Waals surface area contributed by atoms with Crippen LogP contribution in [0.4, 0.5) is 0 Å². The molecule has 21 heavy (non-hydrogen) atoms. The molecule has 5 heteroatoms. The van der Waals surface area contributed by atoms with Gasteiger partial charge < -0.3 is 10.2 Å². The van der Waals surface area contributed by atoms with E-state index in [0.29, 0.717) is 12.5 Å². The number of carbonyl (C=O) groups excluding carboxylic acids is 1. The number of hydrogen-bond donors (Lipinski definition) is 1. The van der Waals surface area contributed by atoms with E-state index < -0.39 is 0 Å². The summed E-state index contributed by atoms with van der Waals surface area (Å²) in [6.45, 7) is 5.07. The maximum atomic E-state index is 12.3. The molecule has 0 aromatic carbocycles. The molecule has 1 saturated heterocycles. The monoisotopic (exact) mass is 307 g/mol. The number of piperidine rings is 1. The molecule has 0 radical (unpaired) electrons. The topological polar surface area (TPSA) is 45.2 Å². The molecular formula is C16H25N3OS.